The van der Waals surface area contributed by atoms with E-state index in [1.54, 1.807) is 17.5 Å². The molecule has 0 heterocycles. The van der Waals surface area contributed by atoms with Crippen LogP contribution in [0.4, 0.5) is 5.69 Å². The van der Waals surface area contributed by atoms with Crippen molar-refractivity contribution in [1.82, 2.24) is 5.32 Å². The lowest BCUT2D eigenvalue weighted by atomic mass is 10.1. The lowest BCUT2D eigenvalue weighted by molar-refractivity contribution is -0.384. The Morgan fingerprint density at radius 3 is 2.32 bits per heavy atom. The Kier molecular flexibility index (Phi) is 6.79. The maximum Gasteiger partial charge on any atom is 0.269 e. The summed E-state index contributed by atoms with van der Waals surface area (Å²) in [6.07, 6.45) is 0.346. The van der Waals surface area contributed by atoms with E-state index in [4.69, 9.17) is 0 Å². The van der Waals surface area contributed by atoms with E-state index in [0.717, 1.165) is 10.5 Å². The van der Waals surface area contributed by atoms with E-state index in [1.165, 1.54) is 33.7 Å². The number of carbonyl (C=O) groups excluding carboxylic acids is 2. The first-order chi connectivity index (χ1) is 12.0. The highest BCUT2D eigenvalue weighted by atomic mass is 33.1. The van der Waals surface area contributed by atoms with E-state index in [-0.39, 0.29) is 5.69 Å². The third-order valence-electron chi connectivity index (χ3n) is 3.16. The van der Waals surface area contributed by atoms with Gasteiger partial charge in [-0.3, -0.25) is 25.0 Å². The van der Waals surface area contributed by atoms with Gasteiger partial charge in [-0.15, -0.1) is 0 Å². The number of carbonyl (C=O) groups is 2. The Morgan fingerprint density at radius 2 is 1.76 bits per heavy atom. The summed E-state index contributed by atoms with van der Waals surface area (Å²) < 4.78 is 0. The monoisotopic (exact) mass is 374 g/mol. The van der Waals surface area contributed by atoms with Crippen LogP contribution in [0.2, 0.25) is 0 Å². The largest absolute Gasteiger partial charge is 0.295 e. The zero-order valence-electron chi connectivity index (χ0n) is 13.2. The Balaban J connectivity index is 2.14. The minimum absolute atomic E-state index is 0.0237. The lowest BCUT2D eigenvalue weighted by Gasteiger charge is -2.06. The summed E-state index contributed by atoms with van der Waals surface area (Å²) >= 11 is 0. The predicted octanol–water partition coefficient (Wildman–Crippen LogP) is 3.96. The molecule has 25 heavy (non-hydrogen) atoms. The summed E-state index contributed by atoms with van der Waals surface area (Å²) in [5, 5.41) is 14.4. The van der Waals surface area contributed by atoms with Crippen LogP contribution in [0.25, 0.3) is 5.57 Å². The van der Waals surface area contributed by atoms with Crippen LogP contribution in [-0.2, 0) is 9.59 Å². The lowest BCUT2D eigenvalue weighted by Crippen LogP contribution is -2.22. The van der Waals surface area contributed by atoms with E-state index in [1.807, 2.05) is 31.2 Å². The molecule has 0 aliphatic rings. The van der Waals surface area contributed by atoms with Crippen molar-refractivity contribution < 1.29 is 14.5 Å². The summed E-state index contributed by atoms with van der Waals surface area (Å²) in [4.78, 5) is 33.6. The number of nitrogens with one attached hydrogen (secondary N) is 1. The molecule has 0 aliphatic heterocycles. The summed E-state index contributed by atoms with van der Waals surface area (Å²) in [5.74, 6) is -0.490. The molecule has 2 aromatic carbocycles. The first kappa shape index (κ1) is 18.8. The number of hydrogen-bond donors (Lipinski definition) is 1. The maximum absolute atomic E-state index is 12.1. The molecule has 0 fully saturated rings. The first-order valence-electron chi connectivity index (χ1n) is 7.11. The highest BCUT2D eigenvalue weighted by Gasteiger charge is 2.12. The third kappa shape index (κ3) is 5.47. The first-order valence-corrected chi connectivity index (χ1v) is 9.32. The number of benzene rings is 2. The van der Waals surface area contributed by atoms with Crippen molar-refractivity contribution in [2.24, 2.45) is 0 Å². The van der Waals surface area contributed by atoms with Crippen LogP contribution >= 0.6 is 21.6 Å². The van der Waals surface area contributed by atoms with Gasteiger partial charge in [-0.1, -0.05) is 51.4 Å². The normalized spacial score (nSPS) is 11.0. The number of rotatable bonds is 7. The van der Waals surface area contributed by atoms with E-state index in [2.05, 4.69) is 5.32 Å². The molecule has 0 atom stereocenters. The van der Waals surface area contributed by atoms with Crippen LogP contribution in [0.1, 0.15) is 11.1 Å². The molecular weight excluding hydrogens is 360 g/mol. The molecular formula is C17H14N2O4S2. The number of amides is 2. The van der Waals surface area contributed by atoms with Crippen molar-refractivity contribution in [3.05, 3.63) is 75.2 Å². The number of nitrogens with zero attached hydrogens (tertiary/aromatic N) is 1. The number of imide groups is 1. The topological polar surface area (TPSA) is 89.3 Å². The Hall–Kier alpha value is -2.58. The van der Waals surface area contributed by atoms with Gasteiger partial charge in [0, 0.05) is 17.0 Å². The van der Waals surface area contributed by atoms with Crippen molar-refractivity contribution in [2.45, 2.75) is 11.8 Å². The fraction of sp³-hybridized carbons (Fsp3) is 0.0588. The van der Waals surface area contributed by atoms with Crippen LogP contribution in [0, 0.1) is 17.0 Å². The molecule has 0 aliphatic carbocycles. The third-order valence-corrected chi connectivity index (χ3v) is 5.20. The Bertz CT molecular complexity index is 802. The van der Waals surface area contributed by atoms with E-state index in [9.17, 15) is 19.7 Å². The van der Waals surface area contributed by atoms with Gasteiger partial charge in [-0.05, 0) is 30.0 Å². The van der Waals surface area contributed by atoms with Gasteiger partial charge in [-0.2, -0.15) is 0 Å². The molecule has 8 heteroatoms. The molecule has 0 saturated carbocycles. The second-order valence-corrected chi connectivity index (χ2v) is 7.06. The Morgan fingerprint density at radius 1 is 1.12 bits per heavy atom. The molecule has 0 unspecified atom stereocenters. The molecule has 0 radical (unpaired) electrons. The van der Waals surface area contributed by atoms with Crippen molar-refractivity contribution in [3.8, 4) is 0 Å². The Labute approximate surface area is 152 Å². The quantitative estimate of drug-likeness (QED) is 0.259. The molecule has 2 rings (SSSR count). The summed E-state index contributed by atoms with van der Waals surface area (Å²) in [5.41, 5.74) is 2.15. The molecule has 6 nitrogen and oxygen atoms in total. The van der Waals surface area contributed by atoms with Crippen LogP contribution in [0.15, 0.2) is 58.8 Å². The summed E-state index contributed by atoms with van der Waals surface area (Å²) in [7, 11) is 2.64. The second-order valence-electron chi connectivity index (χ2n) is 4.92. The number of nitro benzene ring substituents is 1. The van der Waals surface area contributed by atoms with Gasteiger partial charge < -0.3 is 0 Å². The van der Waals surface area contributed by atoms with Crippen molar-refractivity contribution >= 4 is 45.2 Å². The predicted molar refractivity (Wildman–Crippen MR) is 99.9 cm³/mol. The number of non-ortho nitro benzene ring substituents is 1. The molecule has 0 saturated heterocycles. The zero-order valence-corrected chi connectivity index (χ0v) is 14.8. The average molecular weight is 374 g/mol. The van der Waals surface area contributed by atoms with Crippen LogP contribution < -0.4 is 5.32 Å². The molecule has 0 aromatic heterocycles. The molecule has 2 amide bonds. The van der Waals surface area contributed by atoms with E-state index in [0.29, 0.717) is 17.5 Å². The number of nitro groups is 1. The van der Waals surface area contributed by atoms with Gasteiger partial charge in [0.2, 0.25) is 6.41 Å². The maximum atomic E-state index is 12.1. The molecule has 128 valence electrons. The van der Waals surface area contributed by atoms with Gasteiger partial charge in [-0.25, -0.2) is 0 Å². The summed E-state index contributed by atoms with van der Waals surface area (Å²) in [6.45, 7) is 1.94. The standard InChI is InChI=1S/C17H14N2O4S2/c1-12-2-4-13(5-3-12)16(17(21)18-11-20)10-24-25-15-8-6-14(7-9-15)19(22)23/h2-11H,1H3,(H,18,20,21)/b16-10-. The fourth-order valence-electron chi connectivity index (χ4n) is 1.87. The van der Waals surface area contributed by atoms with Gasteiger partial charge in [0.15, 0.2) is 0 Å². The number of hydrogen-bond acceptors (Lipinski definition) is 6. The highest BCUT2D eigenvalue weighted by molar-refractivity contribution is 8.77. The molecule has 0 spiro atoms. The summed E-state index contributed by atoms with van der Waals surface area (Å²) in [6, 6.07) is 13.5. The van der Waals surface area contributed by atoms with Crippen molar-refractivity contribution in [3.63, 3.8) is 0 Å². The average Bonchev–Trinajstić information content (AvgIpc) is 2.60. The molecule has 1 N–H and O–H groups in total. The smallest absolute Gasteiger partial charge is 0.269 e. The highest BCUT2D eigenvalue weighted by Crippen LogP contribution is 2.35. The van der Waals surface area contributed by atoms with E-state index >= 15 is 0 Å². The van der Waals surface area contributed by atoms with Crippen LogP contribution in [0.3, 0.4) is 0 Å². The van der Waals surface area contributed by atoms with E-state index < -0.39 is 10.8 Å². The van der Waals surface area contributed by atoms with Crippen LogP contribution in [0.5, 0.6) is 0 Å². The number of aryl methyl sites for hydroxylation is 1. The fourth-order valence-corrected chi connectivity index (χ4v) is 3.71. The van der Waals surface area contributed by atoms with Gasteiger partial charge in [0.25, 0.3) is 11.6 Å². The van der Waals surface area contributed by atoms with Crippen LogP contribution in [-0.4, -0.2) is 17.2 Å². The minimum Gasteiger partial charge on any atom is -0.295 e. The SMILES string of the molecule is Cc1ccc(/C(=C/SSc2ccc([N+](=O)[O-])cc2)C(=O)NC=O)cc1. The minimum atomic E-state index is -0.490. The van der Waals surface area contributed by atoms with Gasteiger partial charge >= 0.3 is 0 Å². The second kappa shape index (κ2) is 9.05. The zero-order chi connectivity index (χ0) is 18.2. The van der Waals surface area contributed by atoms with Crippen molar-refractivity contribution in [2.75, 3.05) is 0 Å². The van der Waals surface area contributed by atoms with Gasteiger partial charge in [0.05, 0.1) is 10.5 Å². The van der Waals surface area contributed by atoms with Crippen molar-refractivity contribution in [1.29, 1.82) is 0 Å². The van der Waals surface area contributed by atoms with Gasteiger partial charge in [0.1, 0.15) is 0 Å². The molecule has 0 bridgehead atoms. The molecule has 2 aromatic rings.